The van der Waals surface area contributed by atoms with Crippen LogP contribution in [0.3, 0.4) is 0 Å². The summed E-state index contributed by atoms with van der Waals surface area (Å²) in [6, 6.07) is 9.70. The summed E-state index contributed by atoms with van der Waals surface area (Å²) >= 11 is 3.20. The standard InChI is InChI=1S/C14H12BrN3O3/c1-17(14(19)10-6-7-13(15)16-8-10)9-11-4-2-3-5-12(11)18(20)21/h2-8H,9H2,1H3. The maximum absolute atomic E-state index is 12.2. The highest BCUT2D eigenvalue weighted by molar-refractivity contribution is 9.10. The molecule has 1 aromatic heterocycles. The van der Waals surface area contributed by atoms with Crippen LogP contribution in [0.15, 0.2) is 47.2 Å². The first-order valence-corrected chi connectivity index (χ1v) is 6.87. The van der Waals surface area contributed by atoms with Gasteiger partial charge in [0.15, 0.2) is 0 Å². The molecule has 0 aliphatic heterocycles. The first-order chi connectivity index (χ1) is 9.99. The van der Waals surface area contributed by atoms with Crippen LogP contribution >= 0.6 is 15.9 Å². The number of nitrogens with zero attached hydrogens (tertiary/aromatic N) is 3. The maximum Gasteiger partial charge on any atom is 0.274 e. The summed E-state index contributed by atoms with van der Waals surface area (Å²) in [4.78, 5) is 28.2. The van der Waals surface area contributed by atoms with Gasteiger partial charge in [-0.05, 0) is 28.1 Å². The molecule has 0 unspecified atom stereocenters. The third kappa shape index (κ3) is 3.63. The van der Waals surface area contributed by atoms with Crippen molar-refractivity contribution in [3.05, 3.63) is 68.4 Å². The molecule has 2 aromatic rings. The van der Waals surface area contributed by atoms with Crippen molar-refractivity contribution < 1.29 is 9.72 Å². The first kappa shape index (κ1) is 15.1. The molecule has 1 aromatic carbocycles. The summed E-state index contributed by atoms with van der Waals surface area (Å²) in [5.74, 6) is -0.242. The Morgan fingerprint density at radius 1 is 1.33 bits per heavy atom. The van der Waals surface area contributed by atoms with Gasteiger partial charge in [0.2, 0.25) is 0 Å². The van der Waals surface area contributed by atoms with Gasteiger partial charge in [-0.15, -0.1) is 0 Å². The molecule has 0 N–H and O–H groups in total. The van der Waals surface area contributed by atoms with E-state index in [0.717, 1.165) is 0 Å². The van der Waals surface area contributed by atoms with E-state index in [4.69, 9.17) is 0 Å². The van der Waals surface area contributed by atoms with Gasteiger partial charge in [0.05, 0.1) is 17.0 Å². The molecule has 0 aliphatic carbocycles. The lowest BCUT2D eigenvalue weighted by Crippen LogP contribution is -2.26. The highest BCUT2D eigenvalue weighted by Gasteiger charge is 2.18. The predicted molar refractivity (Wildman–Crippen MR) is 80.8 cm³/mol. The number of nitro groups is 1. The number of rotatable bonds is 4. The van der Waals surface area contributed by atoms with Gasteiger partial charge in [0, 0.05) is 24.9 Å². The number of para-hydroxylation sites is 1. The summed E-state index contributed by atoms with van der Waals surface area (Å²) in [5, 5.41) is 11.0. The third-order valence-corrected chi connectivity index (χ3v) is 3.39. The van der Waals surface area contributed by atoms with Crippen LogP contribution in [0, 0.1) is 10.1 Å². The van der Waals surface area contributed by atoms with E-state index in [-0.39, 0.29) is 18.1 Å². The van der Waals surface area contributed by atoms with Crippen molar-refractivity contribution in [1.29, 1.82) is 0 Å². The number of halogens is 1. The van der Waals surface area contributed by atoms with Gasteiger partial charge >= 0.3 is 0 Å². The number of amides is 1. The van der Waals surface area contributed by atoms with Gasteiger partial charge in [-0.25, -0.2) is 4.98 Å². The number of benzene rings is 1. The maximum atomic E-state index is 12.2. The largest absolute Gasteiger partial charge is 0.337 e. The molecule has 0 aliphatic rings. The van der Waals surface area contributed by atoms with Crippen LogP contribution in [-0.4, -0.2) is 27.8 Å². The normalized spacial score (nSPS) is 10.2. The summed E-state index contributed by atoms with van der Waals surface area (Å²) in [7, 11) is 1.60. The summed E-state index contributed by atoms with van der Waals surface area (Å²) in [6.07, 6.45) is 1.46. The van der Waals surface area contributed by atoms with Gasteiger partial charge < -0.3 is 4.90 Å². The van der Waals surface area contributed by atoms with Crippen molar-refractivity contribution in [2.75, 3.05) is 7.05 Å². The number of nitro benzene ring substituents is 1. The van der Waals surface area contributed by atoms with Crippen molar-refractivity contribution in [1.82, 2.24) is 9.88 Å². The van der Waals surface area contributed by atoms with Crippen molar-refractivity contribution in [2.45, 2.75) is 6.54 Å². The average Bonchev–Trinajstić information content (AvgIpc) is 2.47. The Kier molecular flexibility index (Phi) is 4.64. The van der Waals surface area contributed by atoms with E-state index >= 15 is 0 Å². The molecule has 0 saturated carbocycles. The minimum Gasteiger partial charge on any atom is -0.337 e. The van der Waals surface area contributed by atoms with E-state index in [0.29, 0.717) is 15.7 Å². The minimum absolute atomic E-state index is 0.00563. The van der Waals surface area contributed by atoms with Gasteiger partial charge in [-0.3, -0.25) is 14.9 Å². The second-order valence-corrected chi connectivity index (χ2v) is 5.23. The van der Waals surface area contributed by atoms with Crippen LogP contribution in [-0.2, 0) is 6.54 Å². The number of hydrogen-bond acceptors (Lipinski definition) is 4. The summed E-state index contributed by atoms with van der Waals surface area (Å²) in [6.45, 7) is 0.159. The topological polar surface area (TPSA) is 76.3 Å². The second-order valence-electron chi connectivity index (χ2n) is 4.42. The van der Waals surface area contributed by atoms with Crippen LogP contribution in [0.2, 0.25) is 0 Å². The van der Waals surface area contributed by atoms with Gasteiger partial charge in [-0.1, -0.05) is 18.2 Å². The molecule has 0 saturated heterocycles. The lowest BCUT2D eigenvalue weighted by atomic mass is 10.1. The fraction of sp³-hybridized carbons (Fsp3) is 0.143. The van der Waals surface area contributed by atoms with Crippen LogP contribution < -0.4 is 0 Å². The fourth-order valence-corrected chi connectivity index (χ4v) is 2.11. The van der Waals surface area contributed by atoms with Crippen molar-refractivity contribution in [3.63, 3.8) is 0 Å². The van der Waals surface area contributed by atoms with Crippen LogP contribution in [0.5, 0.6) is 0 Å². The predicted octanol–water partition coefficient (Wildman–Crippen LogP) is 3.02. The molecule has 21 heavy (non-hydrogen) atoms. The first-order valence-electron chi connectivity index (χ1n) is 6.08. The Morgan fingerprint density at radius 2 is 2.05 bits per heavy atom. The van der Waals surface area contributed by atoms with Crippen molar-refractivity contribution >= 4 is 27.5 Å². The Hall–Kier alpha value is -2.28. The van der Waals surface area contributed by atoms with Crippen molar-refractivity contribution in [3.8, 4) is 0 Å². The molecule has 6 nitrogen and oxygen atoms in total. The third-order valence-electron chi connectivity index (χ3n) is 2.92. The Balaban J connectivity index is 2.18. The average molecular weight is 350 g/mol. The number of hydrogen-bond donors (Lipinski definition) is 0. The number of pyridine rings is 1. The molecule has 2 rings (SSSR count). The summed E-state index contributed by atoms with van der Waals surface area (Å²) in [5.41, 5.74) is 0.925. The van der Waals surface area contributed by atoms with E-state index in [9.17, 15) is 14.9 Å². The monoisotopic (exact) mass is 349 g/mol. The summed E-state index contributed by atoms with van der Waals surface area (Å²) < 4.78 is 0.639. The van der Waals surface area contributed by atoms with Crippen LogP contribution in [0.25, 0.3) is 0 Å². The molecule has 0 bridgehead atoms. The number of carbonyl (C=O) groups excluding carboxylic acids is 1. The fourth-order valence-electron chi connectivity index (χ4n) is 1.87. The number of carbonyl (C=O) groups is 1. The molecule has 0 fully saturated rings. The second kappa shape index (κ2) is 6.45. The molecule has 0 atom stereocenters. The molecule has 1 heterocycles. The molecule has 7 heteroatoms. The van der Waals surface area contributed by atoms with Gasteiger partial charge in [0.25, 0.3) is 11.6 Å². The lowest BCUT2D eigenvalue weighted by Gasteiger charge is -2.17. The molecule has 108 valence electrons. The molecule has 1 amide bonds. The highest BCUT2D eigenvalue weighted by atomic mass is 79.9. The Labute approximate surface area is 129 Å². The smallest absolute Gasteiger partial charge is 0.274 e. The zero-order valence-corrected chi connectivity index (χ0v) is 12.8. The Bertz CT molecular complexity index is 673. The molecular weight excluding hydrogens is 338 g/mol. The van der Waals surface area contributed by atoms with Gasteiger partial charge in [-0.2, -0.15) is 0 Å². The zero-order chi connectivity index (χ0) is 15.4. The van der Waals surface area contributed by atoms with E-state index < -0.39 is 4.92 Å². The van der Waals surface area contributed by atoms with Crippen LogP contribution in [0.1, 0.15) is 15.9 Å². The van der Waals surface area contributed by atoms with E-state index in [1.807, 2.05) is 0 Å². The molecular formula is C14H12BrN3O3. The van der Waals surface area contributed by atoms with Gasteiger partial charge in [0.1, 0.15) is 4.60 Å². The quantitative estimate of drug-likeness (QED) is 0.483. The minimum atomic E-state index is -0.450. The Morgan fingerprint density at radius 3 is 2.67 bits per heavy atom. The number of aromatic nitrogens is 1. The molecule has 0 spiro atoms. The van der Waals surface area contributed by atoms with E-state index in [1.54, 1.807) is 37.4 Å². The van der Waals surface area contributed by atoms with E-state index in [2.05, 4.69) is 20.9 Å². The highest BCUT2D eigenvalue weighted by Crippen LogP contribution is 2.20. The SMILES string of the molecule is CN(Cc1ccccc1[N+](=O)[O-])C(=O)c1ccc(Br)nc1. The van der Waals surface area contributed by atoms with E-state index in [1.165, 1.54) is 17.2 Å². The zero-order valence-electron chi connectivity index (χ0n) is 11.2. The molecule has 0 radical (unpaired) electrons. The van der Waals surface area contributed by atoms with Crippen molar-refractivity contribution in [2.24, 2.45) is 0 Å². The lowest BCUT2D eigenvalue weighted by molar-refractivity contribution is -0.385. The van der Waals surface area contributed by atoms with Crippen LogP contribution in [0.4, 0.5) is 5.69 Å².